The first-order valence-corrected chi connectivity index (χ1v) is 3.55. The van der Waals surface area contributed by atoms with Crippen molar-refractivity contribution in [2.75, 3.05) is 14.1 Å². The van der Waals surface area contributed by atoms with E-state index in [-0.39, 0.29) is 0 Å². The van der Waals surface area contributed by atoms with Crippen LogP contribution in [0.25, 0.3) is 0 Å². The molecule has 1 nitrogen and oxygen atoms in total. The van der Waals surface area contributed by atoms with E-state index >= 15 is 0 Å². The highest BCUT2D eigenvalue weighted by Crippen LogP contribution is 2.11. The number of rotatable bonds is 4. The van der Waals surface area contributed by atoms with Gasteiger partial charge in [0.05, 0.1) is 0 Å². The summed E-state index contributed by atoms with van der Waals surface area (Å²) < 4.78 is 0. The zero-order chi connectivity index (χ0) is 8.15. The Kier molecular flexibility index (Phi) is 3.85. The molecule has 0 spiro atoms. The van der Waals surface area contributed by atoms with E-state index in [1.807, 2.05) is 25.1 Å². The first kappa shape index (κ1) is 9.28. The van der Waals surface area contributed by atoms with Crippen LogP contribution >= 0.6 is 0 Å². The van der Waals surface area contributed by atoms with Crippen molar-refractivity contribution in [3.8, 4) is 0 Å². The van der Waals surface area contributed by atoms with Gasteiger partial charge in [0.25, 0.3) is 0 Å². The normalized spacial score (nSPS) is 12.3. The van der Waals surface area contributed by atoms with Crippen molar-refractivity contribution in [1.82, 2.24) is 4.90 Å². The molecule has 1 atom stereocenters. The van der Waals surface area contributed by atoms with E-state index in [2.05, 4.69) is 20.1 Å². The molecule has 10 heavy (non-hydrogen) atoms. The quantitative estimate of drug-likeness (QED) is 0.540. The molecule has 0 saturated carbocycles. The van der Waals surface area contributed by atoms with E-state index in [9.17, 15) is 0 Å². The molecule has 0 rings (SSSR count). The van der Waals surface area contributed by atoms with Gasteiger partial charge >= 0.3 is 0 Å². The molecule has 0 aromatic rings. The molecule has 0 heterocycles. The fraction of sp³-hybridized carbons (Fsp3) is 0.556. The average Bonchev–Trinajstić information content (AvgIpc) is 1.87. The monoisotopic (exact) mass is 139 g/mol. The van der Waals surface area contributed by atoms with Crippen molar-refractivity contribution in [3.63, 3.8) is 0 Å². The second kappa shape index (κ2) is 4.15. The number of hydrogen-bond acceptors (Lipinski definition) is 1. The summed E-state index contributed by atoms with van der Waals surface area (Å²) in [7, 11) is 4.02. The SMILES string of the molecule is C=CC(C)CC(=C)N(C)C. The fourth-order valence-electron chi connectivity index (χ4n) is 0.638. The van der Waals surface area contributed by atoms with Crippen LogP contribution < -0.4 is 0 Å². The summed E-state index contributed by atoms with van der Waals surface area (Å²) >= 11 is 0. The molecule has 0 fully saturated rings. The predicted octanol–water partition coefficient (Wildman–Crippen LogP) is 2.27. The van der Waals surface area contributed by atoms with E-state index in [1.165, 1.54) is 0 Å². The largest absolute Gasteiger partial charge is 0.381 e. The van der Waals surface area contributed by atoms with Crippen molar-refractivity contribution < 1.29 is 0 Å². The third-order valence-electron chi connectivity index (χ3n) is 1.59. The van der Waals surface area contributed by atoms with Crippen LogP contribution in [0, 0.1) is 5.92 Å². The van der Waals surface area contributed by atoms with Gasteiger partial charge in [0.1, 0.15) is 0 Å². The van der Waals surface area contributed by atoms with Gasteiger partial charge in [-0.15, -0.1) is 6.58 Å². The van der Waals surface area contributed by atoms with Gasteiger partial charge in [-0.05, 0) is 12.3 Å². The van der Waals surface area contributed by atoms with Crippen molar-refractivity contribution in [1.29, 1.82) is 0 Å². The van der Waals surface area contributed by atoms with Crippen molar-refractivity contribution in [2.24, 2.45) is 5.92 Å². The summed E-state index contributed by atoms with van der Waals surface area (Å²) in [6.07, 6.45) is 2.96. The van der Waals surface area contributed by atoms with Gasteiger partial charge in [0, 0.05) is 19.8 Å². The zero-order valence-corrected chi connectivity index (χ0v) is 7.22. The van der Waals surface area contributed by atoms with Gasteiger partial charge in [-0.2, -0.15) is 0 Å². The molecule has 1 unspecified atom stereocenters. The molecule has 0 aliphatic carbocycles. The molecule has 58 valence electrons. The molecule has 0 bridgehead atoms. The maximum Gasteiger partial charge on any atom is 0.00602 e. The van der Waals surface area contributed by atoms with Crippen LogP contribution in [0.5, 0.6) is 0 Å². The third-order valence-corrected chi connectivity index (χ3v) is 1.59. The van der Waals surface area contributed by atoms with Crippen molar-refractivity contribution in [2.45, 2.75) is 13.3 Å². The molecule has 0 aromatic carbocycles. The van der Waals surface area contributed by atoms with E-state index in [1.54, 1.807) is 0 Å². The lowest BCUT2D eigenvalue weighted by Gasteiger charge is -2.17. The fourth-order valence-corrected chi connectivity index (χ4v) is 0.638. The van der Waals surface area contributed by atoms with Crippen molar-refractivity contribution >= 4 is 0 Å². The van der Waals surface area contributed by atoms with Crippen LogP contribution in [0.3, 0.4) is 0 Å². The highest BCUT2D eigenvalue weighted by atomic mass is 15.1. The number of allylic oxidation sites excluding steroid dienone is 2. The lowest BCUT2D eigenvalue weighted by Crippen LogP contribution is -2.11. The average molecular weight is 139 g/mol. The maximum atomic E-state index is 3.92. The van der Waals surface area contributed by atoms with E-state index in [0.29, 0.717) is 5.92 Å². The Balaban J connectivity index is 3.68. The van der Waals surface area contributed by atoms with Crippen LogP contribution in [0.1, 0.15) is 13.3 Å². The molecule has 0 N–H and O–H groups in total. The first-order chi connectivity index (χ1) is 4.57. The second-order valence-corrected chi connectivity index (χ2v) is 2.88. The lowest BCUT2D eigenvalue weighted by molar-refractivity contribution is 0.468. The van der Waals surface area contributed by atoms with Crippen molar-refractivity contribution in [3.05, 3.63) is 24.9 Å². The van der Waals surface area contributed by atoms with Gasteiger partial charge in [-0.3, -0.25) is 0 Å². The first-order valence-electron chi connectivity index (χ1n) is 3.55. The molecule has 0 aromatic heterocycles. The minimum Gasteiger partial charge on any atom is -0.381 e. The van der Waals surface area contributed by atoms with E-state index in [4.69, 9.17) is 0 Å². The van der Waals surface area contributed by atoms with Crippen LogP contribution in [0.4, 0.5) is 0 Å². The summed E-state index contributed by atoms with van der Waals surface area (Å²) in [6, 6.07) is 0. The summed E-state index contributed by atoms with van der Waals surface area (Å²) in [4.78, 5) is 2.04. The Hall–Kier alpha value is -0.720. The van der Waals surface area contributed by atoms with Crippen LogP contribution in [-0.2, 0) is 0 Å². The molecule has 0 amide bonds. The van der Waals surface area contributed by atoms with Crippen LogP contribution in [0.15, 0.2) is 24.9 Å². The molecule has 0 radical (unpaired) electrons. The Bertz CT molecular complexity index is 125. The Labute approximate surface area is 64.0 Å². The second-order valence-electron chi connectivity index (χ2n) is 2.88. The number of hydrogen-bond donors (Lipinski definition) is 0. The van der Waals surface area contributed by atoms with Gasteiger partial charge < -0.3 is 4.90 Å². The highest BCUT2D eigenvalue weighted by molar-refractivity contribution is 4.95. The Morgan fingerprint density at radius 3 is 2.40 bits per heavy atom. The predicted molar refractivity (Wildman–Crippen MR) is 46.8 cm³/mol. The summed E-state index contributed by atoms with van der Waals surface area (Å²) in [6.45, 7) is 9.77. The highest BCUT2D eigenvalue weighted by Gasteiger charge is 2.00. The zero-order valence-electron chi connectivity index (χ0n) is 7.22. The summed E-state index contributed by atoms with van der Waals surface area (Å²) in [5, 5.41) is 0. The minimum atomic E-state index is 0.537. The molecule has 0 aliphatic heterocycles. The van der Waals surface area contributed by atoms with E-state index < -0.39 is 0 Å². The minimum absolute atomic E-state index is 0.537. The Morgan fingerprint density at radius 2 is 2.10 bits per heavy atom. The maximum absolute atomic E-state index is 3.92. The number of nitrogens with zero attached hydrogens (tertiary/aromatic N) is 1. The lowest BCUT2D eigenvalue weighted by atomic mass is 10.1. The van der Waals surface area contributed by atoms with Gasteiger partial charge in [0.15, 0.2) is 0 Å². The molecular formula is C9H17N. The van der Waals surface area contributed by atoms with Gasteiger partial charge in [-0.1, -0.05) is 19.6 Å². The molecule has 1 heteroatoms. The summed E-state index contributed by atoms with van der Waals surface area (Å²) in [5.74, 6) is 0.537. The van der Waals surface area contributed by atoms with Crippen LogP contribution in [0.2, 0.25) is 0 Å². The van der Waals surface area contributed by atoms with Crippen LogP contribution in [-0.4, -0.2) is 19.0 Å². The molecule has 0 aliphatic rings. The summed E-state index contributed by atoms with van der Waals surface area (Å²) in [5.41, 5.74) is 1.16. The van der Waals surface area contributed by atoms with E-state index in [0.717, 1.165) is 12.1 Å². The third kappa shape index (κ3) is 3.33. The topological polar surface area (TPSA) is 3.24 Å². The van der Waals surface area contributed by atoms with Gasteiger partial charge in [0.2, 0.25) is 0 Å². The van der Waals surface area contributed by atoms with Gasteiger partial charge in [-0.25, -0.2) is 0 Å². The smallest absolute Gasteiger partial charge is 0.00602 e. The standard InChI is InChI=1S/C9H17N/c1-6-8(2)7-9(3)10(4)5/h6,8H,1,3,7H2,2,4-5H3. The molecular weight excluding hydrogens is 122 g/mol. The molecule has 0 saturated heterocycles. The Morgan fingerprint density at radius 1 is 1.60 bits per heavy atom.